The molecular weight excluding hydrogens is 214 g/mol. The molecule has 0 saturated heterocycles. The summed E-state index contributed by atoms with van der Waals surface area (Å²) < 4.78 is 10.0. The van der Waals surface area contributed by atoms with E-state index in [0.717, 1.165) is 10.6 Å². The van der Waals surface area contributed by atoms with Gasteiger partial charge in [-0.1, -0.05) is 0 Å². The lowest BCUT2D eigenvalue weighted by atomic mass is 10.3. The van der Waals surface area contributed by atoms with E-state index >= 15 is 0 Å². The first-order chi connectivity index (χ1) is 7.58. The lowest BCUT2D eigenvalue weighted by molar-refractivity contribution is -0.141. The summed E-state index contributed by atoms with van der Waals surface area (Å²) in [7, 11) is 2.46. The van der Waals surface area contributed by atoms with E-state index in [0.29, 0.717) is 0 Å². The van der Waals surface area contributed by atoms with Crippen LogP contribution in [0.5, 0.6) is 0 Å². The van der Waals surface area contributed by atoms with E-state index in [1.807, 2.05) is 0 Å². The predicted octanol–water partition coefficient (Wildman–Crippen LogP) is -0.192. The number of carbonyl (C=O) groups excluding carboxylic acids is 2. The molecule has 1 aromatic rings. The molecule has 0 radical (unpaired) electrons. The highest BCUT2D eigenvalue weighted by atomic mass is 16.5. The van der Waals surface area contributed by atoms with Crippen molar-refractivity contribution in [3.8, 4) is 0 Å². The van der Waals surface area contributed by atoms with Crippen molar-refractivity contribution in [1.82, 2.24) is 4.57 Å². The number of esters is 2. The third kappa shape index (κ3) is 2.69. The Morgan fingerprint density at radius 1 is 1.31 bits per heavy atom. The number of hydrogen-bond acceptors (Lipinski definition) is 5. The molecule has 0 atom stereocenters. The monoisotopic (exact) mass is 225 g/mol. The molecule has 86 valence electrons. The zero-order valence-corrected chi connectivity index (χ0v) is 8.93. The fourth-order valence-electron chi connectivity index (χ4n) is 1.09. The molecule has 6 nitrogen and oxygen atoms in total. The Bertz CT molecular complexity index is 463. The van der Waals surface area contributed by atoms with Crippen molar-refractivity contribution in [3.05, 3.63) is 34.2 Å². The average molecular weight is 225 g/mol. The Balaban J connectivity index is 2.96. The van der Waals surface area contributed by atoms with Crippen LogP contribution in [0.3, 0.4) is 0 Å². The Hall–Kier alpha value is -2.11. The molecule has 0 spiro atoms. The Kier molecular flexibility index (Phi) is 3.82. The zero-order valence-electron chi connectivity index (χ0n) is 8.93. The van der Waals surface area contributed by atoms with E-state index < -0.39 is 17.5 Å². The first-order valence-electron chi connectivity index (χ1n) is 4.44. The molecule has 1 rings (SSSR count). The number of carbonyl (C=O) groups is 2. The Morgan fingerprint density at radius 3 is 2.50 bits per heavy atom. The molecule has 0 fully saturated rings. The van der Waals surface area contributed by atoms with Crippen LogP contribution in [0.4, 0.5) is 0 Å². The van der Waals surface area contributed by atoms with Crippen molar-refractivity contribution >= 4 is 11.9 Å². The van der Waals surface area contributed by atoms with Gasteiger partial charge in [0, 0.05) is 12.3 Å². The summed E-state index contributed by atoms with van der Waals surface area (Å²) in [5.41, 5.74) is -0.318. The first kappa shape index (κ1) is 12.0. The minimum absolute atomic E-state index is 0.147. The second-order valence-electron chi connectivity index (χ2n) is 2.95. The van der Waals surface area contributed by atoms with Gasteiger partial charge in [-0.25, -0.2) is 4.79 Å². The van der Waals surface area contributed by atoms with Gasteiger partial charge in [-0.15, -0.1) is 0 Å². The largest absolute Gasteiger partial charge is 0.468 e. The van der Waals surface area contributed by atoms with Gasteiger partial charge < -0.3 is 14.0 Å². The van der Waals surface area contributed by atoms with Crippen LogP contribution in [0.25, 0.3) is 0 Å². The molecular formula is C10H11NO5. The molecule has 6 heteroatoms. The third-order valence-corrected chi connectivity index (χ3v) is 1.94. The van der Waals surface area contributed by atoms with E-state index in [9.17, 15) is 14.4 Å². The van der Waals surface area contributed by atoms with Crippen LogP contribution in [0.2, 0.25) is 0 Å². The van der Waals surface area contributed by atoms with Gasteiger partial charge in [0.1, 0.15) is 6.54 Å². The van der Waals surface area contributed by atoms with Gasteiger partial charge in [0.05, 0.1) is 19.8 Å². The van der Waals surface area contributed by atoms with Crippen molar-refractivity contribution in [1.29, 1.82) is 0 Å². The highest BCUT2D eigenvalue weighted by Gasteiger charge is 2.09. The van der Waals surface area contributed by atoms with Gasteiger partial charge in [-0.05, 0) is 6.07 Å². The lowest BCUT2D eigenvalue weighted by Crippen LogP contribution is -2.24. The maximum absolute atomic E-state index is 11.5. The predicted molar refractivity (Wildman–Crippen MR) is 54.1 cm³/mol. The van der Waals surface area contributed by atoms with Crippen molar-refractivity contribution in [2.45, 2.75) is 6.54 Å². The second kappa shape index (κ2) is 5.11. The van der Waals surface area contributed by atoms with Gasteiger partial charge in [0.15, 0.2) is 0 Å². The number of methoxy groups -OCH3 is 2. The summed E-state index contributed by atoms with van der Waals surface area (Å²) in [6.45, 7) is -0.184. The molecule has 16 heavy (non-hydrogen) atoms. The minimum atomic E-state index is -0.595. The highest BCUT2D eigenvalue weighted by molar-refractivity contribution is 5.89. The average Bonchev–Trinajstić information content (AvgIpc) is 2.30. The van der Waals surface area contributed by atoms with Crippen LogP contribution in [-0.4, -0.2) is 30.7 Å². The molecule has 0 amide bonds. The zero-order chi connectivity index (χ0) is 12.1. The molecule has 0 unspecified atom stereocenters. The van der Waals surface area contributed by atoms with E-state index in [2.05, 4.69) is 9.47 Å². The van der Waals surface area contributed by atoms with Crippen LogP contribution >= 0.6 is 0 Å². The molecule has 1 heterocycles. The highest BCUT2D eigenvalue weighted by Crippen LogP contribution is 1.97. The SMILES string of the molecule is COC(=O)Cn1ccc(C(=O)OC)cc1=O. The van der Waals surface area contributed by atoms with Crippen molar-refractivity contribution in [2.24, 2.45) is 0 Å². The third-order valence-electron chi connectivity index (χ3n) is 1.94. The molecule has 0 saturated carbocycles. The van der Waals surface area contributed by atoms with Gasteiger partial charge in [0.25, 0.3) is 5.56 Å². The van der Waals surface area contributed by atoms with E-state index in [1.165, 1.54) is 26.5 Å². The van der Waals surface area contributed by atoms with Gasteiger partial charge in [-0.2, -0.15) is 0 Å². The summed E-state index contributed by atoms with van der Waals surface area (Å²) in [5.74, 6) is -1.13. The lowest BCUT2D eigenvalue weighted by Gasteiger charge is -2.04. The molecule has 0 N–H and O–H groups in total. The van der Waals surface area contributed by atoms with Crippen molar-refractivity contribution in [2.75, 3.05) is 14.2 Å². The maximum Gasteiger partial charge on any atom is 0.338 e. The van der Waals surface area contributed by atoms with E-state index in [4.69, 9.17) is 0 Å². The molecule has 0 bridgehead atoms. The van der Waals surface area contributed by atoms with Crippen LogP contribution < -0.4 is 5.56 Å². The first-order valence-corrected chi connectivity index (χ1v) is 4.44. The summed E-state index contributed by atoms with van der Waals surface area (Å²) in [5, 5.41) is 0. The molecule has 0 aromatic carbocycles. The van der Waals surface area contributed by atoms with E-state index in [-0.39, 0.29) is 12.1 Å². The number of hydrogen-bond donors (Lipinski definition) is 0. The molecule has 0 aliphatic carbocycles. The van der Waals surface area contributed by atoms with Crippen LogP contribution in [-0.2, 0) is 20.8 Å². The number of ether oxygens (including phenoxy) is 2. The van der Waals surface area contributed by atoms with Crippen molar-refractivity contribution in [3.63, 3.8) is 0 Å². The van der Waals surface area contributed by atoms with Gasteiger partial charge >= 0.3 is 11.9 Å². The Morgan fingerprint density at radius 2 is 2.00 bits per heavy atom. The topological polar surface area (TPSA) is 74.6 Å². The Labute approximate surface area is 91.4 Å². The minimum Gasteiger partial charge on any atom is -0.468 e. The van der Waals surface area contributed by atoms with Crippen LogP contribution in [0, 0.1) is 0 Å². The maximum atomic E-state index is 11.5. The summed E-state index contributed by atoms with van der Waals surface area (Å²) in [6, 6.07) is 2.50. The fraction of sp³-hybridized carbons (Fsp3) is 0.300. The van der Waals surface area contributed by atoms with Gasteiger partial charge in [-0.3, -0.25) is 9.59 Å². The fourth-order valence-corrected chi connectivity index (χ4v) is 1.09. The normalized spacial score (nSPS) is 9.62. The number of nitrogens with zero attached hydrogens (tertiary/aromatic N) is 1. The summed E-state index contributed by atoms with van der Waals surface area (Å²) in [6.07, 6.45) is 1.34. The number of pyridine rings is 1. The summed E-state index contributed by atoms with van der Waals surface area (Å²) >= 11 is 0. The quantitative estimate of drug-likeness (QED) is 0.666. The van der Waals surface area contributed by atoms with Gasteiger partial charge in [0.2, 0.25) is 0 Å². The van der Waals surface area contributed by atoms with Crippen molar-refractivity contribution < 1.29 is 19.1 Å². The number of aromatic nitrogens is 1. The molecule has 0 aliphatic heterocycles. The van der Waals surface area contributed by atoms with Crippen LogP contribution in [0.1, 0.15) is 10.4 Å². The number of rotatable bonds is 3. The molecule has 1 aromatic heterocycles. The molecule has 0 aliphatic rings. The smallest absolute Gasteiger partial charge is 0.338 e. The van der Waals surface area contributed by atoms with E-state index in [1.54, 1.807) is 0 Å². The standard InChI is InChI=1S/C10H11NO5/c1-15-9(13)6-11-4-3-7(5-8(11)12)10(14)16-2/h3-5H,6H2,1-2H3. The second-order valence-corrected chi connectivity index (χ2v) is 2.95. The van der Waals surface area contributed by atoms with Crippen LogP contribution in [0.15, 0.2) is 23.1 Å². The summed E-state index contributed by atoms with van der Waals surface area (Å²) in [4.78, 5) is 33.5.